The van der Waals surface area contributed by atoms with Gasteiger partial charge in [0.25, 0.3) is 11.5 Å². The minimum atomic E-state index is -0.585. The van der Waals surface area contributed by atoms with Crippen molar-refractivity contribution in [1.29, 1.82) is 0 Å². The second-order valence-corrected chi connectivity index (χ2v) is 14.1. The van der Waals surface area contributed by atoms with Crippen LogP contribution in [0.1, 0.15) is 34.5 Å². The number of H-pyrrole nitrogens is 1. The average Bonchev–Trinajstić information content (AvgIpc) is 3.17. The third-order valence-electron chi connectivity index (χ3n) is 10.6. The van der Waals surface area contributed by atoms with Crippen LogP contribution in [0.15, 0.2) is 47.3 Å². The number of piperazine rings is 2. The van der Waals surface area contributed by atoms with Crippen molar-refractivity contribution in [2.45, 2.75) is 19.3 Å². The molecule has 1 aromatic heterocycles. The first kappa shape index (κ1) is 38.0. The Labute approximate surface area is 304 Å². The molecule has 2 aromatic carbocycles. The smallest absolute Gasteiger partial charge is 0.272 e. The molecule has 0 spiro atoms. The van der Waals surface area contributed by atoms with E-state index in [0.29, 0.717) is 88.1 Å². The quantitative estimate of drug-likeness (QED) is 0.221. The van der Waals surface area contributed by atoms with E-state index in [1.165, 1.54) is 18.9 Å². The highest BCUT2D eigenvalue weighted by Gasteiger charge is 2.29. The summed E-state index contributed by atoms with van der Waals surface area (Å²) in [5.41, 5.74) is 6.51. The van der Waals surface area contributed by atoms with Gasteiger partial charge in [-0.1, -0.05) is 24.3 Å². The highest BCUT2D eigenvalue weighted by atomic mass is 19.1. The van der Waals surface area contributed by atoms with Crippen molar-refractivity contribution in [2.75, 3.05) is 118 Å². The van der Waals surface area contributed by atoms with E-state index >= 15 is 0 Å². The number of nitrogens with two attached hydrogens (primary N) is 1. The molecule has 282 valence electrons. The van der Waals surface area contributed by atoms with E-state index in [1.807, 2.05) is 17.0 Å². The lowest BCUT2D eigenvalue weighted by molar-refractivity contribution is -0.134. The van der Waals surface area contributed by atoms with E-state index in [0.717, 1.165) is 64.4 Å². The number of rotatable bonds is 15. The van der Waals surface area contributed by atoms with E-state index in [9.17, 15) is 18.8 Å². The van der Waals surface area contributed by atoms with Crippen LogP contribution in [0, 0.1) is 11.7 Å². The molecule has 2 amide bonds. The zero-order valence-electron chi connectivity index (χ0n) is 30.1. The van der Waals surface area contributed by atoms with Crippen molar-refractivity contribution < 1.29 is 23.5 Å². The van der Waals surface area contributed by atoms with Crippen LogP contribution in [-0.4, -0.2) is 165 Å². The number of aromatic amines is 1. The molecule has 3 aromatic rings. The number of nitrogens with one attached hydrogen (secondary N) is 1. The molecular weight excluding hydrogens is 667 g/mol. The Hall–Kier alpha value is -3.79. The first-order valence-electron chi connectivity index (χ1n) is 18.7. The number of likely N-dealkylation sites (tertiary alicyclic amines) is 1. The lowest BCUT2D eigenvalue weighted by Gasteiger charge is -2.40. The van der Waals surface area contributed by atoms with Crippen LogP contribution in [0.5, 0.6) is 0 Å². The fourth-order valence-corrected chi connectivity index (χ4v) is 7.45. The van der Waals surface area contributed by atoms with Gasteiger partial charge in [-0.05, 0) is 55.6 Å². The molecule has 52 heavy (non-hydrogen) atoms. The molecule has 13 nitrogen and oxygen atoms in total. The Morgan fingerprint density at radius 1 is 0.808 bits per heavy atom. The molecule has 3 aliphatic rings. The number of nitrogens with zero attached hydrogens (tertiary/aromatic N) is 6. The van der Waals surface area contributed by atoms with Crippen molar-refractivity contribution in [2.24, 2.45) is 11.7 Å². The second-order valence-electron chi connectivity index (χ2n) is 14.1. The standard InChI is InChI=1S/C38H53FN8O5/c39-34-6-5-30(26-35-31-3-1-2-4-32(31)37(49)42-41-35)25-33(34)38(50)47-18-16-46(17-19-47)36(48)28-45-14-12-44(13-15-45)27-29-7-10-43(11-8-29)20-22-52-24-23-51-21-9-40/h1-6,25,29H,7-24,26-28,40H2,(H,42,49). The molecule has 0 bridgehead atoms. The summed E-state index contributed by atoms with van der Waals surface area (Å²) >= 11 is 0. The molecule has 6 rings (SSSR count). The molecule has 0 aliphatic carbocycles. The number of carbonyl (C=O) groups excluding carboxylic acids is 2. The van der Waals surface area contributed by atoms with Gasteiger partial charge in [0.2, 0.25) is 5.91 Å². The molecule has 3 fully saturated rings. The maximum Gasteiger partial charge on any atom is 0.272 e. The minimum Gasteiger partial charge on any atom is -0.378 e. The zero-order chi connectivity index (χ0) is 36.3. The number of aromatic nitrogens is 2. The van der Waals surface area contributed by atoms with Crippen LogP contribution in [0.2, 0.25) is 0 Å². The highest BCUT2D eigenvalue weighted by molar-refractivity contribution is 5.95. The lowest BCUT2D eigenvalue weighted by atomic mass is 9.96. The third-order valence-corrected chi connectivity index (χ3v) is 10.6. The van der Waals surface area contributed by atoms with E-state index in [2.05, 4.69) is 24.9 Å². The van der Waals surface area contributed by atoms with Crippen molar-refractivity contribution >= 4 is 22.6 Å². The molecule has 0 radical (unpaired) electrons. The number of fused-ring (bicyclic) bond motifs is 1. The maximum atomic E-state index is 15.0. The summed E-state index contributed by atoms with van der Waals surface area (Å²) in [5.74, 6) is -0.188. The fraction of sp³-hybridized carbons (Fsp3) is 0.579. The number of amides is 2. The first-order valence-corrected chi connectivity index (χ1v) is 18.7. The SMILES string of the molecule is NCCOCCOCCN1CCC(CN2CCN(CC(=O)N3CCN(C(=O)c4cc(Cc5n[nH]c(=O)c6ccccc56)ccc4F)CC3)CC2)CC1. The normalized spacial score (nSPS) is 18.3. The van der Waals surface area contributed by atoms with Gasteiger partial charge in [0.15, 0.2) is 0 Å². The summed E-state index contributed by atoms with van der Waals surface area (Å²) in [4.78, 5) is 49.6. The molecule has 3 saturated heterocycles. The van der Waals surface area contributed by atoms with Gasteiger partial charge >= 0.3 is 0 Å². The monoisotopic (exact) mass is 720 g/mol. The Bertz CT molecular complexity index is 1680. The van der Waals surface area contributed by atoms with Gasteiger partial charge < -0.3 is 34.8 Å². The van der Waals surface area contributed by atoms with Gasteiger partial charge in [-0.15, -0.1) is 0 Å². The van der Waals surface area contributed by atoms with Gasteiger partial charge in [0, 0.05) is 83.8 Å². The van der Waals surface area contributed by atoms with Crippen LogP contribution in [0.4, 0.5) is 4.39 Å². The summed E-state index contributed by atoms with van der Waals surface area (Å²) < 4.78 is 26.0. The van der Waals surface area contributed by atoms with Crippen LogP contribution in [-0.2, 0) is 20.7 Å². The number of halogens is 1. The maximum absolute atomic E-state index is 15.0. The number of hydrogen-bond acceptors (Lipinski definition) is 10. The Morgan fingerprint density at radius 3 is 2.21 bits per heavy atom. The number of ether oxygens (including phenoxy) is 2. The first-order chi connectivity index (χ1) is 25.4. The van der Waals surface area contributed by atoms with E-state index in [4.69, 9.17) is 15.2 Å². The molecule has 14 heteroatoms. The van der Waals surface area contributed by atoms with Crippen LogP contribution >= 0.6 is 0 Å². The summed E-state index contributed by atoms with van der Waals surface area (Å²) in [6, 6.07) is 11.7. The predicted octanol–water partition coefficient (Wildman–Crippen LogP) is 1.26. The summed E-state index contributed by atoms with van der Waals surface area (Å²) in [6.45, 7) is 13.0. The number of piperidine rings is 1. The summed E-state index contributed by atoms with van der Waals surface area (Å²) in [6.07, 6.45) is 2.74. The molecular formula is C38H53FN8O5. The number of hydrogen-bond donors (Lipinski definition) is 2. The van der Waals surface area contributed by atoms with Crippen molar-refractivity contribution in [1.82, 2.24) is 34.7 Å². The predicted molar refractivity (Wildman–Crippen MR) is 197 cm³/mol. The van der Waals surface area contributed by atoms with Crippen LogP contribution in [0.3, 0.4) is 0 Å². The van der Waals surface area contributed by atoms with Gasteiger partial charge in [0.05, 0.1) is 49.6 Å². The Morgan fingerprint density at radius 2 is 1.48 bits per heavy atom. The van der Waals surface area contributed by atoms with Gasteiger partial charge in [-0.25, -0.2) is 9.49 Å². The van der Waals surface area contributed by atoms with Gasteiger partial charge in [-0.3, -0.25) is 19.3 Å². The van der Waals surface area contributed by atoms with E-state index in [-0.39, 0.29) is 22.9 Å². The van der Waals surface area contributed by atoms with Crippen LogP contribution in [0.25, 0.3) is 10.8 Å². The van der Waals surface area contributed by atoms with Crippen molar-refractivity contribution in [3.63, 3.8) is 0 Å². The topological polar surface area (TPSA) is 141 Å². The summed E-state index contributed by atoms with van der Waals surface area (Å²) in [5, 5.41) is 8.00. The minimum absolute atomic E-state index is 0.000231. The van der Waals surface area contributed by atoms with Gasteiger partial charge in [-0.2, -0.15) is 5.10 Å². The molecule has 0 unspecified atom stereocenters. The summed E-state index contributed by atoms with van der Waals surface area (Å²) in [7, 11) is 0. The van der Waals surface area contributed by atoms with E-state index < -0.39 is 5.82 Å². The molecule has 4 heterocycles. The Kier molecular flexibility index (Phi) is 13.7. The number of benzene rings is 2. The molecule has 3 aliphatic heterocycles. The zero-order valence-corrected chi connectivity index (χ0v) is 30.1. The fourth-order valence-electron chi connectivity index (χ4n) is 7.45. The van der Waals surface area contributed by atoms with E-state index in [1.54, 1.807) is 29.2 Å². The molecule has 0 saturated carbocycles. The largest absolute Gasteiger partial charge is 0.378 e. The molecule has 3 N–H and O–H groups in total. The second kappa shape index (κ2) is 18.8. The molecule has 0 atom stereocenters. The lowest BCUT2D eigenvalue weighted by Crippen LogP contribution is -2.55. The third kappa shape index (κ3) is 10.2. The van der Waals surface area contributed by atoms with Crippen LogP contribution < -0.4 is 11.3 Å². The average molecular weight is 721 g/mol. The van der Waals surface area contributed by atoms with Crippen molar-refractivity contribution in [3.8, 4) is 0 Å². The number of carbonyl (C=O) groups is 2. The van der Waals surface area contributed by atoms with Crippen molar-refractivity contribution in [3.05, 3.63) is 75.5 Å². The van der Waals surface area contributed by atoms with Gasteiger partial charge in [0.1, 0.15) is 5.82 Å². The highest BCUT2D eigenvalue weighted by Crippen LogP contribution is 2.21. The Balaban J connectivity index is 0.888.